The number of carbonyl (C=O) groups is 2. The Kier molecular flexibility index (Phi) is 6.99. The van der Waals surface area contributed by atoms with Crippen molar-refractivity contribution in [3.63, 3.8) is 0 Å². The number of benzene rings is 2. The predicted octanol–water partition coefficient (Wildman–Crippen LogP) is 6.74. The summed E-state index contributed by atoms with van der Waals surface area (Å²) in [6, 6.07) is 13.0. The van der Waals surface area contributed by atoms with Crippen molar-refractivity contribution in [3.05, 3.63) is 117 Å². The van der Waals surface area contributed by atoms with Gasteiger partial charge in [-0.3, -0.25) is 14.5 Å². The number of hydrogen-bond donors (Lipinski definition) is 2. The molecule has 0 spiro atoms. The van der Waals surface area contributed by atoms with Gasteiger partial charge in [0.15, 0.2) is 5.78 Å². The fourth-order valence-electron chi connectivity index (χ4n) is 5.78. The number of Topliss-reactive ketones (excluding diaryl/α,β-unsaturated/α-hetero) is 1. The van der Waals surface area contributed by atoms with Crippen LogP contribution in [0.4, 0.5) is 4.39 Å². The van der Waals surface area contributed by atoms with E-state index in [4.69, 9.17) is 4.74 Å². The SMILES string of the molecule is CC1(C)CC(=O)C2=C(C1)NC1=C(O)CCC=C1N(C(=O)c1cscn1)C2c1ccc(OCc2ccccc2)cc1F. The molecular weight excluding hydrogens is 541 g/mol. The van der Waals surface area contributed by atoms with Crippen molar-refractivity contribution in [3.8, 4) is 5.75 Å². The molecule has 0 bridgehead atoms. The Morgan fingerprint density at radius 2 is 2.02 bits per heavy atom. The summed E-state index contributed by atoms with van der Waals surface area (Å²) in [6.07, 6.45) is 3.46. The quantitative estimate of drug-likeness (QED) is 0.353. The summed E-state index contributed by atoms with van der Waals surface area (Å²) in [5.74, 6) is -0.833. The Morgan fingerprint density at radius 1 is 1.22 bits per heavy atom. The second-order valence-electron chi connectivity index (χ2n) is 11.3. The molecule has 41 heavy (non-hydrogen) atoms. The standard InChI is InChI=1S/C32H30FN3O4S/c1-32(2)14-23-28(27(38)15-32)30(21-12-11-20(13-22(21)33)40-16-19-7-4-3-5-8-19)36(31(39)24-17-41-18-34-24)25-9-6-10-26(37)29(25)35-23/h3-5,7-9,11-13,17-18,30,35,37H,6,10,14-16H2,1-2H3. The van der Waals surface area contributed by atoms with Crippen LogP contribution in [0.5, 0.6) is 5.75 Å². The summed E-state index contributed by atoms with van der Waals surface area (Å²) < 4.78 is 22.0. The van der Waals surface area contributed by atoms with Gasteiger partial charge in [0.25, 0.3) is 5.91 Å². The van der Waals surface area contributed by atoms with Crippen molar-refractivity contribution >= 4 is 23.0 Å². The van der Waals surface area contributed by atoms with Gasteiger partial charge < -0.3 is 15.2 Å². The molecule has 0 saturated carbocycles. The van der Waals surface area contributed by atoms with Crippen molar-refractivity contribution in [1.29, 1.82) is 0 Å². The minimum atomic E-state index is -1.08. The second-order valence-corrected chi connectivity index (χ2v) is 12.0. The zero-order valence-electron chi connectivity index (χ0n) is 22.8. The molecule has 0 radical (unpaired) electrons. The topological polar surface area (TPSA) is 91.8 Å². The monoisotopic (exact) mass is 571 g/mol. The van der Waals surface area contributed by atoms with E-state index in [0.717, 1.165) is 5.56 Å². The molecule has 2 aliphatic carbocycles. The number of aliphatic hydroxyl groups excluding tert-OH is 1. The number of aliphatic hydroxyl groups is 1. The second kappa shape index (κ2) is 10.6. The molecule has 2 N–H and O–H groups in total. The average Bonchev–Trinajstić information content (AvgIpc) is 3.43. The van der Waals surface area contributed by atoms with E-state index in [9.17, 15) is 14.7 Å². The molecule has 1 aromatic heterocycles. The molecular formula is C32H30FN3O4S. The van der Waals surface area contributed by atoms with Gasteiger partial charge in [-0.15, -0.1) is 11.3 Å². The number of aromatic nitrogens is 1. The zero-order valence-corrected chi connectivity index (χ0v) is 23.6. The summed E-state index contributed by atoms with van der Waals surface area (Å²) in [5.41, 5.74) is 4.16. The minimum Gasteiger partial charge on any atom is -0.510 e. The number of hydrogen-bond acceptors (Lipinski definition) is 7. The first-order valence-corrected chi connectivity index (χ1v) is 14.5. The van der Waals surface area contributed by atoms with E-state index < -0.39 is 17.8 Å². The van der Waals surface area contributed by atoms with Crippen LogP contribution >= 0.6 is 11.3 Å². The number of rotatable bonds is 5. The Morgan fingerprint density at radius 3 is 2.76 bits per heavy atom. The highest BCUT2D eigenvalue weighted by Crippen LogP contribution is 2.48. The number of nitrogens with one attached hydrogen (secondary N) is 1. The first kappa shape index (κ1) is 27.0. The molecule has 1 atom stereocenters. The Hall–Kier alpha value is -4.24. The third-order valence-corrected chi connectivity index (χ3v) is 8.22. The Labute approximate surface area is 241 Å². The molecule has 7 nitrogen and oxygen atoms in total. The number of carbonyl (C=O) groups excluding carboxylic acids is 2. The van der Waals surface area contributed by atoms with Crippen LogP contribution in [-0.4, -0.2) is 26.7 Å². The van der Waals surface area contributed by atoms with E-state index in [-0.39, 0.29) is 41.2 Å². The highest BCUT2D eigenvalue weighted by Gasteiger charge is 2.46. The fraction of sp³-hybridized carbons (Fsp3) is 0.281. The number of allylic oxidation sites excluding steroid dienone is 3. The molecule has 2 aromatic carbocycles. The molecule has 9 heteroatoms. The summed E-state index contributed by atoms with van der Waals surface area (Å²) in [4.78, 5) is 33.6. The summed E-state index contributed by atoms with van der Waals surface area (Å²) in [7, 11) is 0. The molecule has 0 fully saturated rings. The highest BCUT2D eigenvalue weighted by atomic mass is 32.1. The van der Waals surface area contributed by atoms with E-state index in [2.05, 4.69) is 10.3 Å². The summed E-state index contributed by atoms with van der Waals surface area (Å²) >= 11 is 1.27. The number of ether oxygens (including phenoxy) is 1. The van der Waals surface area contributed by atoms with Crippen LogP contribution in [-0.2, 0) is 11.4 Å². The smallest absolute Gasteiger partial charge is 0.278 e. The van der Waals surface area contributed by atoms with E-state index in [1.54, 1.807) is 23.0 Å². The molecule has 6 rings (SSSR count). The number of fused-ring (bicyclic) bond motifs is 1. The number of nitrogens with zero attached hydrogens (tertiary/aromatic N) is 2. The van der Waals surface area contributed by atoms with Gasteiger partial charge in [-0.25, -0.2) is 9.37 Å². The lowest BCUT2D eigenvalue weighted by Crippen LogP contribution is -2.39. The lowest BCUT2D eigenvalue weighted by atomic mass is 9.73. The molecule has 210 valence electrons. The van der Waals surface area contributed by atoms with Gasteiger partial charge in [0.05, 0.1) is 17.2 Å². The van der Waals surface area contributed by atoms with Crippen LogP contribution in [0, 0.1) is 11.2 Å². The lowest BCUT2D eigenvalue weighted by Gasteiger charge is -2.37. The molecule has 3 aromatic rings. The van der Waals surface area contributed by atoms with Crippen molar-refractivity contribution in [2.75, 3.05) is 0 Å². The van der Waals surface area contributed by atoms with E-state index >= 15 is 4.39 Å². The fourth-order valence-corrected chi connectivity index (χ4v) is 6.31. The maximum Gasteiger partial charge on any atom is 0.278 e. The largest absolute Gasteiger partial charge is 0.510 e. The predicted molar refractivity (Wildman–Crippen MR) is 153 cm³/mol. The van der Waals surface area contributed by atoms with Crippen LogP contribution in [0.25, 0.3) is 0 Å². The van der Waals surface area contributed by atoms with Gasteiger partial charge in [-0.05, 0) is 36.0 Å². The van der Waals surface area contributed by atoms with Crippen LogP contribution in [0.2, 0.25) is 0 Å². The third-order valence-electron chi connectivity index (χ3n) is 7.64. The van der Waals surface area contributed by atoms with Gasteiger partial charge in [-0.1, -0.05) is 50.3 Å². The molecule has 1 unspecified atom stereocenters. The first-order valence-electron chi connectivity index (χ1n) is 13.6. The van der Waals surface area contributed by atoms with Crippen LogP contribution in [0.15, 0.2) is 93.9 Å². The maximum absolute atomic E-state index is 16.1. The zero-order chi connectivity index (χ0) is 28.7. The summed E-state index contributed by atoms with van der Waals surface area (Å²) in [5, 5.41) is 15.9. The minimum absolute atomic E-state index is 0.0899. The maximum atomic E-state index is 16.1. The molecule has 0 saturated heterocycles. The van der Waals surface area contributed by atoms with Gasteiger partial charge >= 0.3 is 0 Å². The number of ketones is 1. The van der Waals surface area contributed by atoms with Crippen molar-refractivity contribution in [2.24, 2.45) is 5.41 Å². The van der Waals surface area contributed by atoms with Crippen molar-refractivity contribution in [1.82, 2.24) is 15.2 Å². The molecule has 1 aliphatic heterocycles. The van der Waals surface area contributed by atoms with E-state index in [1.807, 2.05) is 50.3 Å². The third kappa shape index (κ3) is 5.17. The lowest BCUT2D eigenvalue weighted by molar-refractivity contribution is -0.118. The van der Waals surface area contributed by atoms with Gasteiger partial charge in [0.1, 0.15) is 35.3 Å². The van der Waals surface area contributed by atoms with Gasteiger partial charge in [0, 0.05) is 41.1 Å². The first-order chi connectivity index (χ1) is 19.7. The van der Waals surface area contributed by atoms with Crippen molar-refractivity contribution in [2.45, 2.75) is 52.2 Å². The highest BCUT2D eigenvalue weighted by molar-refractivity contribution is 7.07. The van der Waals surface area contributed by atoms with Crippen LogP contribution in [0.1, 0.15) is 67.2 Å². The van der Waals surface area contributed by atoms with E-state index in [0.29, 0.717) is 47.7 Å². The van der Waals surface area contributed by atoms with Gasteiger partial charge in [-0.2, -0.15) is 0 Å². The molecule has 1 amide bonds. The average molecular weight is 572 g/mol. The number of thiazole rings is 1. The van der Waals surface area contributed by atoms with Gasteiger partial charge in [0.2, 0.25) is 0 Å². The summed E-state index contributed by atoms with van der Waals surface area (Å²) in [6.45, 7) is 4.27. The number of amides is 1. The van der Waals surface area contributed by atoms with Crippen LogP contribution < -0.4 is 10.1 Å². The molecule has 3 aliphatic rings. The number of halogens is 1. The normalized spacial score (nSPS) is 20.1. The van der Waals surface area contributed by atoms with E-state index in [1.165, 1.54) is 22.3 Å². The van der Waals surface area contributed by atoms with Crippen LogP contribution in [0.3, 0.4) is 0 Å². The Bertz CT molecular complexity index is 1610. The molecule has 2 heterocycles. The Balaban J connectivity index is 1.50. The van der Waals surface area contributed by atoms with Crippen molar-refractivity contribution < 1.29 is 23.8 Å².